The van der Waals surface area contributed by atoms with E-state index >= 15 is 0 Å². The van der Waals surface area contributed by atoms with Gasteiger partial charge in [-0.05, 0) is 18.2 Å². The molecule has 0 radical (unpaired) electrons. The van der Waals surface area contributed by atoms with E-state index in [-0.39, 0.29) is 12.1 Å². The van der Waals surface area contributed by atoms with Crippen molar-refractivity contribution in [3.63, 3.8) is 0 Å². The Morgan fingerprint density at radius 1 is 1.39 bits per heavy atom. The Balaban J connectivity index is 2.10. The fraction of sp³-hybridized carbons (Fsp3) is 0.167. The fourth-order valence-corrected chi connectivity index (χ4v) is 2.82. The summed E-state index contributed by atoms with van der Waals surface area (Å²) in [4.78, 5) is 19.5. The van der Waals surface area contributed by atoms with E-state index in [4.69, 9.17) is 5.73 Å². The summed E-state index contributed by atoms with van der Waals surface area (Å²) in [5.74, 6) is 1.26. The zero-order chi connectivity index (χ0) is 13.0. The lowest BCUT2D eigenvalue weighted by Crippen LogP contribution is -2.14. The minimum absolute atomic E-state index is 0.157. The lowest BCUT2D eigenvalue weighted by Gasteiger charge is -2.03. The molecule has 94 valence electrons. The van der Waals surface area contributed by atoms with Crippen molar-refractivity contribution in [3.8, 4) is 0 Å². The summed E-state index contributed by atoms with van der Waals surface area (Å²) in [7, 11) is 0. The number of thioether (sulfide) groups is 1. The van der Waals surface area contributed by atoms with E-state index < -0.39 is 0 Å². The van der Waals surface area contributed by atoms with Gasteiger partial charge in [0.05, 0.1) is 11.4 Å². The predicted octanol–water partition coefficient (Wildman–Crippen LogP) is 2.28. The van der Waals surface area contributed by atoms with Gasteiger partial charge >= 0.3 is 0 Å². The summed E-state index contributed by atoms with van der Waals surface area (Å²) in [6.45, 7) is 0.276. The van der Waals surface area contributed by atoms with Crippen LogP contribution in [0.25, 0.3) is 0 Å². The zero-order valence-electron chi connectivity index (χ0n) is 9.52. The Hall–Kier alpha value is -1.11. The molecule has 0 bridgehead atoms. The van der Waals surface area contributed by atoms with Gasteiger partial charge in [-0.1, -0.05) is 22.0 Å². The number of benzene rings is 1. The van der Waals surface area contributed by atoms with Gasteiger partial charge < -0.3 is 10.7 Å². The molecule has 0 unspecified atom stereocenters. The van der Waals surface area contributed by atoms with E-state index in [2.05, 4.69) is 25.9 Å². The highest BCUT2D eigenvalue weighted by atomic mass is 79.9. The zero-order valence-corrected chi connectivity index (χ0v) is 11.9. The second-order valence-electron chi connectivity index (χ2n) is 3.63. The van der Waals surface area contributed by atoms with Crippen LogP contribution >= 0.6 is 27.7 Å². The number of rotatable bonds is 4. The quantitative estimate of drug-likeness (QED) is 0.846. The maximum absolute atomic E-state index is 11.4. The number of nitrogens with one attached hydrogen (secondary N) is 1. The Morgan fingerprint density at radius 3 is 2.94 bits per heavy atom. The van der Waals surface area contributed by atoms with Crippen LogP contribution in [0.2, 0.25) is 0 Å². The van der Waals surface area contributed by atoms with Crippen molar-refractivity contribution in [2.24, 2.45) is 5.73 Å². The normalized spacial score (nSPS) is 10.6. The van der Waals surface area contributed by atoms with Crippen molar-refractivity contribution >= 4 is 27.7 Å². The van der Waals surface area contributed by atoms with Crippen LogP contribution in [0.3, 0.4) is 0 Å². The average Bonchev–Trinajstić information content (AvgIpc) is 2.36. The van der Waals surface area contributed by atoms with E-state index in [9.17, 15) is 4.79 Å². The summed E-state index contributed by atoms with van der Waals surface area (Å²) in [6.07, 6.45) is 0. The van der Waals surface area contributed by atoms with Crippen molar-refractivity contribution in [2.45, 2.75) is 17.2 Å². The van der Waals surface area contributed by atoms with Crippen molar-refractivity contribution in [2.75, 3.05) is 0 Å². The molecule has 0 amide bonds. The molecule has 0 atom stereocenters. The molecule has 0 saturated heterocycles. The molecular formula is C12H12BrN3OS. The molecule has 0 aliphatic rings. The molecule has 2 aromatic rings. The molecule has 1 heterocycles. The Bertz CT molecular complexity index is 600. The highest BCUT2D eigenvalue weighted by molar-refractivity contribution is 9.10. The molecule has 0 saturated carbocycles. The number of halogens is 1. The van der Waals surface area contributed by atoms with Crippen LogP contribution < -0.4 is 11.3 Å². The van der Waals surface area contributed by atoms with E-state index in [1.165, 1.54) is 6.07 Å². The van der Waals surface area contributed by atoms with Crippen LogP contribution in [-0.2, 0) is 12.3 Å². The highest BCUT2D eigenvalue weighted by Crippen LogP contribution is 2.24. The highest BCUT2D eigenvalue weighted by Gasteiger charge is 2.02. The summed E-state index contributed by atoms with van der Waals surface area (Å²) >= 11 is 5.03. The summed E-state index contributed by atoms with van der Waals surface area (Å²) in [6, 6.07) is 9.40. The van der Waals surface area contributed by atoms with Gasteiger partial charge in [0.2, 0.25) is 0 Å². The van der Waals surface area contributed by atoms with Gasteiger partial charge in [0.1, 0.15) is 5.82 Å². The third-order valence-corrected chi connectivity index (χ3v) is 3.72. The first-order chi connectivity index (χ1) is 8.67. The van der Waals surface area contributed by atoms with Crippen LogP contribution in [0.1, 0.15) is 11.5 Å². The number of nitrogens with two attached hydrogens (primary N) is 1. The topological polar surface area (TPSA) is 71.8 Å². The van der Waals surface area contributed by atoms with Gasteiger partial charge in [-0.15, -0.1) is 11.8 Å². The van der Waals surface area contributed by atoms with E-state index in [0.29, 0.717) is 17.3 Å². The Labute approximate surface area is 117 Å². The van der Waals surface area contributed by atoms with E-state index in [1.54, 1.807) is 11.8 Å². The molecule has 0 fully saturated rings. The van der Waals surface area contributed by atoms with Crippen LogP contribution in [0, 0.1) is 0 Å². The largest absolute Gasteiger partial charge is 0.325 e. The van der Waals surface area contributed by atoms with Crippen LogP contribution in [0.4, 0.5) is 0 Å². The van der Waals surface area contributed by atoms with Crippen molar-refractivity contribution < 1.29 is 0 Å². The smallest absolute Gasteiger partial charge is 0.251 e. The minimum atomic E-state index is -0.157. The average molecular weight is 326 g/mol. The molecule has 0 aliphatic carbocycles. The monoisotopic (exact) mass is 325 g/mol. The Morgan fingerprint density at radius 2 is 2.22 bits per heavy atom. The number of aromatic amines is 1. The summed E-state index contributed by atoms with van der Waals surface area (Å²) in [5, 5.41) is 0. The molecular weight excluding hydrogens is 314 g/mol. The maximum atomic E-state index is 11.4. The van der Waals surface area contributed by atoms with Crippen molar-refractivity contribution in [1.82, 2.24) is 9.97 Å². The van der Waals surface area contributed by atoms with Gasteiger partial charge in [0.25, 0.3) is 5.56 Å². The molecule has 0 spiro atoms. The van der Waals surface area contributed by atoms with Gasteiger partial charge in [0.15, 0.2) is 0 Å². The van der Waals surface area contributed by atoms with Crippen molar-refractivity contribution in [3.05, 3.63) is 56.7 Å². The minimum Gasteiger partial charge on any atom is -0.325 e. The van der Waals surface area contributed by atoms with Crippen LogP contribution in [0.5, 0.6) is 0 Å². The fourth-order valence-electron chi connectivity index (χ4n) is 1.44. The first kappa shape index (κ1) is 13.3. The standard InChI is InChI=1S/C12H12BrN3OS/c13-8-2-1-3-10(4-8)18-7-11-15-9(6-14)5-12(17)16-11/h1-5H,6-7,14H2,(H,15,16,17). The van der Waals surface area contributed by atoms with Gasteiger partial charge in [-0.2, -0.15) is 0 Å². The first-order valence-corrected chi connectivity index (χ1v) is 7.13. The third-order valence-electron chi connectivity index (χ3n) is 2.22. The molecule has 2 rings (SSSR count). The molecule has 0 aliphatic heterocycles. The lowest BCUT2D eigenvalue weighted by atomic mass is 10.4. The summed E-state index contributed by atoms with van der Waals surface area (Å²) in [5.41, 5.74) is 5.94. The number of hydrogen-bond donors (Lipinski definition) is 2. The number of nitrogens with zero attached hydrogens (tertiary/aromatic N) is 1. The number of H-pyrrole nitrogens is 1. The SMILES string of the molecule is NCc1cc(=O)[nH]c(CSc2cccc(Br)c2)n1. The molecule has 18 heavy (non-hydrogen) atoms. The molecule has 1 aromatic heterocycles. The van der Waals surface area contributed by atoms with Gasteiger partial charge in [-0.25, -0.2) is 4.98 Å². The van der Waals surface area contributed by atoms with E-state index in [0.717, 1.165) is 9.37 Å². The van der Waals surface area contributed by atoms with Crippen LogP contribution in [0.15, 0.2) is 44.5 Å². The third kappa shape index (κ3) is 3.69. The maximum Gasteiger partial charge on any atom is 0.251 e. The summed E-state index contributed by atoms with van der Waals surface area (Å²) < 4.78 is 1.03. The van der Waals surface area contributed by atoms with Crippen LogP contribution in [-0.4, -0.2) is 9.97 Å². The lowest BCUT2D eigenvalue weighted by molar-refractivity contribution is 0.902. The molecule has 6 heteroatoms. The molecule has 3 N–H and O–H groups in total. The second kappa shape index (κ2) is 6.17. The molecule has 1 aromatic carbocycles. The number of aromatic nitrogens is 2. The molecule has 4 nitrogen and oxygen atoms in total. The predicted molar refractivity (Wildman–Crippen MR) is 76.5 cm³/mol. The second-order valence-corrected chi connectivity index (χ2v) is 5.60. The number of hydrogen-bond acceptors (Lipinski definition) is 4. The van der Waals surface area contributed by atoms with E-state index in [1.807, 2.05) is 24.3 Å². The van der Waals surface area contributed by atoms with Gasteiger partial charge in [0, 0.05) is 22.0 Å². The Kier molecular flexibility index (Phi) is 4.57. The van der Waals surface area contributed by atoms with Crippen molar-refractivity contribution in [1.29, 1.82) is 0 Å². The van der Waals surface area contributed by atoms with Gasteiger partial charge in [-0.3, -0.25) is 4.79 Å². The first-order valence-electron chi connectivity index (χ1n) is 5.35.